The summed E-state index contributed by atoms with van der Waals surface area (Å²) in [5.41, 5.74) is 1.08. The SMILES string of the molecule is CCC(Nc1cnn(CCO)c1)C1CCCCC1. The molecule has 0 spiro atoms. The molecule has 102 valence electrons. The van der Waals surface area contributed by atoms with Crippen LogP contribution in [0.25, 0.3) is 0 Å². The van der Waals surface area contributed by atoms with Gasteiger partial charge in [-0.15, -0.1) is 0 Å². The van der Waals surface area contributed by atoms with Gasteiger partial charge in [0.1, 0.15) is 0 Å². The molecule has 0 saturated heterocycles. The lowest BCUT2D eigenvalue weighted by molar-refractivity contribution is 0.269. The summed E-state index contributed by atoms with van der Waals surface area (Å²) in [7, 11) is 0. The molecule has 1 aliphatic rings. The average Bonchev–Trinajstić information content (AvgIpc) is 2.85. The minimum absolute atomic E-state index is 0.140. The van der Waals surface area contributed by atoms with Crippen LogP contribution in [-0.2, 0) is 6.54 Å². The second-order valence-electron chi connectivity index (χ2n) is 5.27. The summed E-state index contributed by atoms with van der Waals surface area (Å²) < 4.78 is 1.79. The van der Waals surface area contributed by atoms with Gasteiger partial charge in [0.15, 0.2) is 0 Å². The van der Waals surface area contributed by atoms with Gasteiger partial charge in [0.25, 0.3) is 0 Å². The number of aliphatic hydroxyl groups is 1. The molecule has 1 fully saturated rings. The molecule has 0 bridgehead atoms. The van der Waals surface area contributed by atoms with E-state index in [1.54, 1.807) is 4.68 Å². The third-order valence-corrected chi connectivity index (χ3v) is 3.97. The van der Waals surface area contributed by atoms with E-state index in [2.05, 4.69) is 17.3 Å². The molecule has 0 aliphatic heterocycles. The molecule has 1 atom stereocenters. The Morgan fingerprint density at radius 1 is 1.44 bits per heavy atom. The van der Waals surface area contributed by atoms with E-state index >= 15 is 0 Å². The van der Waals surface area contributed by atoms with E-state index in [1.807, 2.05) is 12.4 Å². The van der Waals surface area contributed by atoms with Crippen molar-refractivity contribution in [3.05, 3.63) is 12.4 Å². The van der Waals surface area contributed by atoms with Crippen LogP contribution in [0.4, 0.5) is 5.69 Å². The van der Waals surface area contributed by atoms with E-state index in [4.69, 9.17) is 5.11 Å². The maximum Gasteiger partial charge on any atom is 0.0728 e. The Balaban J connectivity index is 1.91. The normalized spacial score (nSPS) is 18.8. The fraction of sp³-hybridized carbons (Fsp3) is 0.786. The molecular weight excluding hydrogens is 226 g/mol. The van der Waals surface area contributed by atoms with E-state index in [-0.39, 0.29) is 6.61 Å². The molecule has 2 N–H and O–H groups in total. The number of anilines is 1. The molecule has 1 unspecified atom stereocenters. The van der Waals surface area contributed by atoms with Crippen LogP contribution in [0.5, 0.6) is 0 Å². The molecule has 2 rings (SSSR count). The molecule has 0 radical (unpaired) electrons. The molecule has 1 aliphatic carbocycles. The topological polar surface area (TPSA) is 50.1 Å². The zero-order chi connectivity index (χ0) is 12.8. The van der Waals surface area contributed by atoms with Crippen LogP contribution in [-0.4, -0.2) is 27.5 Å². The van der Waals surface area contributed by atoms with Crippen molar-refractivity contribution in [2.45, 2.75) is 58.0 Å². The molecule has 4 heteroatoms. The largest absolute Gasteiger partial charge is 0.394 e. The Morgan fingerprint density at radius 3 is 2.89 bits per heavy atom. The number of hydrogen-bond donors (Lipinski definition) is 2. The quantitative estimate of drug-likeness (QED) is 0.817. The van der Waals surface area contributed by atoms with Crippen molar-refractivity contribution in [3.8, 4) is 0 Å². The highest BCUT2D eigenvalue weighted by Gasteiger charge is 2.22. The highest BCUT2D eigenvalue weighted by atomic mass is 16.3. The standard InChI is InChI=1S/C14H25N3O/c1-2-14(12-6-4-3-5-7-12)16-13-10-15-17(11-13)8-9-18/h10-12,14,16,18H,2-9H2,1H3. The minimum Gasteiger partial charge on any atom is -0.394 e. The predicted octanol–water partition coefficient (Wildman–Crippen LogP) is 2.65. The number of aromatic nitrogens is 2. The van der Waals surface area contributed by atoms with Gasteiger partial charge in [0, 0.05) is 12.2 Å². The smallest absolute Gasteiger partial charge is 0.0728 e. The third kappa shape index (κ3) is 3.48. The number of hydrogen-bond acceptors (Lipinski definition) is 3. The lowest BCUT2D eigenvalue weighted by Gasteiger charge is -2.30. The summed E-state index contributed by atoms with van der Waals surface area (Å²) in [4.78, 5) is 0. The molecule has 1 heterocycles. The van der Waals surface area contributed by atoms with Crippen molar-refractivity contribution in [2.75, 3.05) is 11.9 Å². The van der Waals surface area contributed by atoms with Gasteiger partial charge in [0.2, 0.25) is 0 Å². The van der Waals surface area contributed by atoms with Crippen molar-refractivity contribution in [1.82, 2.24) is 9.78 Å². The van der Waals surface area contributed by atoms with E-state index in [1.165, 1.54) is 32.1 Å². The van der Waals surface area contributed by atoms with Gasteiger partial charge in [-0.3, -0.25) is 4.68 Å². The average molecular weight is 251 g/mol. The summed E-state index contributed by atoms with van der Waals surface area (Å²) in [5.74, 6) is 0.810. The van der Waals surface area contributed by atoms with Gasteiger partial charge >= 0.3 is 0 Å². The second-order valence-corrected chi connectivity index (χ2v) is 5.27. The fourth-order valence-electron chi connectivity index (χ4n) is 2.97. The Bertz CT molecular complexity index is 345. The van der Waals surface area contributed by atoms with E-state index < -0.39 is 0 Å². The summed E-state index contributed by atoms with van der Waals surface area (Å²) in [6, 6.07) is 0.567. The predicted molar refractivity (Wildman–Crippen MR) is 73.6 cm³/mol. The van der Waals surface area contributed by atoms with Crippen molar-refractivity contribution in [2.24, 2.45) is 5.92 Å². The van der Waals surface area contributed by atoms with Crippen molar-refractivity contribution in [3.63, 3.8) is 0 Å². The second kappa shape index (κ2) is 6.78. The first-order valence-electron chi connectivity index (χ1n) is 7.23. The molecule has 1 saturated carbocycles. The van der Waals surface area contributed by atoms with Gasteiger partial charge in [-0.05, 0) is 25.2 Å². The summed E-state index contributed by atoms with van der Waals surface area (Å²) in [5, 5.41) is 16.7. The van der Waals surface area contributed by atoms with Crippen LogP contribution in [0.2, 0.25) is 0 Å². The van der Waals surface area contributed by atoms with Gasteiger partial charge in [0.05, 0.1) is 25.0 Å². The van der Waals surface area contributed by atoms with E-state index in [9.17, 15) is 0 Å². The van der Waals surface area contributed by atoms with Gasteiger partial charge in [-0.25, -0.2) is 0 Å². The molecule has 18 heavy (non-hydrogen) atoms. The van der Waals surface area contributed by atoms with Crippen LogP contribution in [0.15, 0.2) is 12.4 Å². The van der Waals surface area contributed by atoms with Crippen LogP contribution >= 0.6 is 0 Å². The monoisotopic (exact) mass is 251 g/mol. The van der Waals surface area contributed by atoms with Gasteiger partial charge < -0.3 is 10.4 Å². The molecule has 0 amide bonds. The van der Waals surface area contributed by atoms with Crippen molar-refractivity contribution >= 4 is 5.69 Å². The first-order valence-corrected chi connectivity index (χ1v) is 7.23. The van der Waals surface area contributed by atoms with Crippen molar-refractivity contribution in [1.29, 1.82) is 0 Å². The molecule has 4 nitrogen and oxygen atoms in total. The Hall–Kier alpha value is -1.03. The Labute approximate surface area is 109 Å². The Kier molecular flexibility index (Phi) is 5.05. The molecule has 0 aromatic carbocycles. The first-order chi connectivity index (χ1) is 8.83. The fourth-order valence-corrected chi connectivity index (χ4v) is 2.97. The van der Waals surface area contributed by atoms with Crippen LogP contribution in [0, 0.1) is 5.92 Å². The molecule has 1 aromatic rings. The number of rotatable bonds is 6. The highest BCUT2D eigenvalue weighted by Crippen LogP contribution is 2.29. The van der Waals surface area contributed by atoms with Gasteiger partial charge in [-0.1, -0.05) is 26.2 Å². The lowest BCUT2D eigenvalue weighted by Crippen LogP contribution is -2.29. The highest BCUT2D eigenvalue weighted by molar-refractivity contribution is 5.39. The first kappa shape index (κ1) is 13.4. The van der Waals surface area contributed by atoms with Crippen LogP contribution in [0.3, 0.4) is 0 Å². The summed E-state index contributed by atoms with van der Waals surface area (Å²) in [6.07, 6.45) is 11.9. The van der Waals surface area contributed by atoms with Gasteiger partial charge in [-0.2, -0.15) is 5.10 Å². The van der Waals surface area contributed by atoms with Crippen LogP contribution in [0.1, 0.15) is 45.4 Å². The number of nitrogens with one attached hydrogen (secondary N) is 1. The molecule has 1 aromatic heterocycles. The van der Waals surface area contributed by atoms with E-state index in [0.29, 0.717) is 12.6 Å². The lowest BCUT2D eigenvalue weighted by atomic mass is 9.83. The third-order valence-electron chi connectivity index (χ3n) is 3.97. The van der Waals surface area contributed by atoms with Crippen LogP contribution < -0.4 is 5.32 Å². The zero-order valence-corrected chi connectivity index (χ0v) is 11.3. The zero-order valence-electron chi connectivity index (χ0n) is 11.3. The summed E-state index contributed by atoms with van der Waals surface area (Å²) >= 11 is 0. The number of nitrogens with zero attached hydrogens (tertiary/aromatic N) is 2. The molecular formula is C14H25N3O. The van der Waals surface area contributed by atoms with E-state index in [0.717, 1.165) is 18.0 Å². The summed E-state index contributed by atoms with van der Waals surface area (Å²) in [6.45, 7) is 2.97. The number of aliphatic hydroxyl groups excluding tert-OH is 1. The minimum atomic E-state index is 0.140. The maximum absolute atomic E-state index is 8.88. The van der Waals surface area contributed by atoms with Crippen molar-refractivity contribution < 1.29 is 5.11 Å². The Morgan fingerprint density at radius 2 is 2.22 bits per heavy atom. The maximum atomic E-state index is 8.88.